The van der Waals surface area contributed by atoms with Gasteiger partial charge < -0.3 is 15.4 Å². The number of aromatic nitrogens is 1. The molecular formula is C11H16N2O3. The van der Waals surface area contributed by atoms with Crippen molar-refractivity contribution < 1.29 is 9.90 Å². The molecule has 1 aromatic rings. The molecule has 0 spiro atoms. The molecular weight excluding hydrogens is 208 g/mol. The molecule has 5 nitrogen and oxygen atoms in total. The van der Waals surface area contributed by atoms with Crippen LogP contribution in [0.1, 0.15) is 24.2 Å². The average Bonchev–Trinajstić information content (AvgIpc) is 2.28. The molecule has 0 aromatic carbocycles. The molecule has 1 aromatic heterocycles. The van der Waals surface area contributed by atoms with Gasteiger partial charge in [0.25, 0.3) is 5.91 Å². The van der Waals surface area contributed by atoms with Crippen molar-refractivity contribution in [3.8, 4) is 0 Å². The minimum Gasteiger partial charge on any atom is -0.396 e. The van der Waals surface area contributed by atoms with E-state index < -0.39 is 0 Å². The van der Waals surface area contributed by atoms with E-state index in [-0.39, 0.29) is 30.0 Å². The molecule has 0 bridgehead atoms. The van der Waals surface area contributed by atoms with Gasteiger partial charge in [0.1, 0.15) is 0 Å². The second kappa shape index (κ2) is 5.46. The lowest BCUT2D eigenvalue weighted by Gasteiger charge is -2.19. The maximum absolute atomic E-state index is 11.7. The Bertz CT molecular complexity index is 393. The highest BCUT2D eigenvalue weighted by molar-refractivity contribution is 5.93. The van der Waals surface area contributed by atoms with Crippen LogP contribution >= 0.6 is 0 Å². The van der Waals surface area contributed by atoms with Crippen LogP contribution in [0.25, 0.3) is 0 Å². The van der Waals surface area contributed by atoms with Crippen LogP contribution in [-0.4, -0.2) is 28.6 Å². The summed E-state index contributed by atoms with van der Waals surface area (Å²) in [5.41, 5.74) is 0.157. The van der Waals surface area contributed by atoms with Gasteiger partial charge in [-0.05, 0) is 18.9 Å². The second-order valence-electron chi connectivity index (χ2n) is 3.86. The van der Waals surface area contributed by atoms with Gasteiger partial charge in [0.15, 0.2) is 0 Å². The van der Waals surface area contributed by atoms with Crippen molar-refractivity contribution in [3.63, 3.8) is 0 Å². The first-order valence-corrected chi connectivity index (χ1v) is 5.15. The van der Waals surface area contributed by atoms with E-state index in [0.29, 0.717) is 5.56 Å². The fourth-order valence-corrected chi connectivity index (χ4v) is 1.14. The average molecular weight is 224 g/mol. The van der Waals surface area contributed by atoms with Crippen molar-refractivity contribution >= 4 is 5.91 Å². The van der Waals surface area contributed by atoms with Gasteiger partial charge in [-0.2, -0.15) is 0 Å². The first-order valence-electron chi connectivity index (χ1n) is 5.15. The molecule has 0 aliphatic heterocycles. The van der Waals surface area contributed by atoms with Crippen molar-refractivity contribution in [1.29, 1.82) is 0 Å². The molecule has 88 valence electrons. The molecule has 5 heteroatoms. The SMILES string of the molecule is CC(CO)C(C)NC(=O)c1ccc(=O)[nH]c1. The fourth-order valence-electron chi connectivity index (χ4n) is 1.14. The summed E-state index contributed by atoms with van der Waals surface area (Å²) in [7, 11) is 0. The van der Waals surface area contributed by atoms with E-state index in [1.807, 2.05) is 13.8 Å². The van der Waals surface area contributed by atoms with Gasteiger partial charge in [0.2, 0.25) is 5.56 Å². The van der Waals surface area contributed by atoms with Crippen LogP contribution in [0.15, 0.2) is 23.1 Å². The van der Waals surface area contributed by atoms with Gasteiger partial charge in [-0.3, -0.25) is 9.59 Å². The Labute approximate surface area is 93.5 Å². The van der Waals surface area contributed by atoms with Crippen LogP contribution in [0, 0.1) is 5.92 Å². The number of H-pyrrole nitrogens is 1. The minimum absolute atomic E-state index is 0.00767. The Morgan fingerprint density at radius 3 is 2.69 bits per heavy atom. The molecule has 2 unspecified atom stereocenters. The molecule has 0 fully saturated rings. The van der Waals surface area contributed by atoms with Crippen molar-refractivity contribution in [2.24, 2.45) is 5.92 Å². The Morgan fingerprint density at radius 1 is 1.50 bits per heavy atom. The lowest BCUT2D eigenvalue weighted by atomic mass is 10.0. The van der Waals surface area contributed by atoms with Crippen LogP contribution in [0.3, 0.4) is 0 Å². The lowest BCUT2D eigenvalue weighted by molar-refractivity contribution is 0.0916. The molecule has 3 N–H and O–H groups in total. The first kappa shape index (κ1) is 12.4. The van der Waals surface area contributed by atoms with E-state index in [4.69, 9.17) is 5.11 Å². The summed E-state index contributed by atoms with van der Waals surface area (Å²) in [5, 5.41) is 11.7. The number of aliphatic hydroxyl groups is 1. The third-order valence-corrected chi connectivity index (χ3v) is 2.55. The molecule has 0 radical (unpaired) electrons. The molecule has 0 saturated carbocycles. The Hall–Kier alpha value is -1.62. The number of carbonyl (C=O) groups excluding carboxylic acids is 1. The molecule has 2 atom stereocenters. The third kappa shape index (κ3) is 3.20. The van der Waals surface area contributed by atoms with E-state index in [9.17, 15) is 9.59 Å². The van der Waals surface area contributed by atoms with Crippen LogP contribution in [0.4, 0.5) is 0 Å². The number of aliphatic hydroxyl groups excluding tert-OH is 1. The number of hydrogen-bond donors (Lipinski definition) is 3. The maximum atomic E-state index is 11.7. The quantitative estimate of drug-likeness (QED) is 0.679. The molecule has 16 heavy (non-hydrogen) atoms. The monoisotopic (exact) mass is 224 g/mol. The zero-order chi connectivity index (χ0) is 12.1. The third-order valence-electron chi connectivity index (χ3n) is 2.55. The number of hydrogen-bond acceptors (Lipinski definition) is 3. The number of carbonyl (C=O) groups is 1. The highest BCUT2D eigenvalue weighted by atomic mass is 16.3. The van der Waals surface area contributed by atoms with E-state index in [0.717, 1.165) is 0 Å². The standard InChI is InChI=1S/C11H16N2O3/c1-7(6-14)8(2)13-11(16)9-3-4-10(15)12-5-9/h3-5,7-8,14H,6H2,1-2H3,(H,12,15)(H,13,16). The molecule has 1 amide bonds. The number of pyridine rings is 1. The summed E-state index contributed by atoms with van der Waals surface area (Å²) in [4.78, 5) is 24.9. The number of aromatic amines is 1. The van der Waals surface area contributed by atoms with E-state index in [1.165, 1.54) is 18.3 Å². The molecule has 1 rings (SSSR count). The maximum Gasteiger partial charge on any atom is 0.252 e. The van der Waals surface area contributed by atoms with Crippen molar-refractivity contribution in [2.75, 3.05) is 6.61 Å². The largest absolute Gasteiger partial charge is 0.396 e. The molecule has 0 saturated heterocycles. The second-order valence-corrected chi connectivity index (χ2v) is 3.86. The summed E-state index contributed by atoms with van der Waals surface area (Å²) < 4.78 is 0. The molecule has 0 aliphatic carbocycles. The summed E-state index contributed by atoms with van der Waals surface area (Å²) >= 11 is 0. The highest BCUT2D eigenvalue weighted by Crippen LogP contribution is 2.02. The van der Waals surface area contributed by atoms with Crippen molar-refractivity contribution in [2.45, 2.75) is 19.9 Å². The first-order chi connectivity index (χ1) is 7.54. The van der Waals surface area contributed by atoms with Gasteiger partial charge in [-0.15, -0.1) is 0 Å². The topological polar surface area (TPSA) is 82.2 Å². The summed E-state index contributed by atoms with van der Waals surface area (Å²) in [5.74, 6) is -0.268. The Balaban J connectivity index is 2.65. The minimum atomic E-state index is -0.260. The lowest BCUT2D eigenvalue weighted by Crippen LogP contribution is -2.38. The number of rotatable bonds is 4. The van der Waals surface area contributed by atoms with Gasteiger partial charge in [-0.1, -0.05) is 6.92 Å². The van der Waals surface area contributed by atoms with Crippen molar-refractivity contribution in [1.82, 2.24) is 10.3 Å². The van der Waals surface area contributed by atoms with Gasteiger partial charge in [0, 0.05) is 24.9 Å². The molecule has 1 heterocycles. The number of amides is 1. The van der Waals surface area contributed by atoms with E-state index >= 15 is 0 Å². The Kier molecular flexibility index (Phi) is 4.25. The van der Waals surface area contributed by atoms with Gasteiger partial charge >= 0.3 is 0 Å². The zero-order valence-corrected chi connectivity index (χ0v) is 9.36. The van der Waals surface area contributed by atoms with Crippen LogP contribution in [0.2, 0.25) is 0 Å². The molecule has 0 aliphatic rings. The van der Waals surface area contributed by atoms with Crippen molar-refractivity contribution in [3.05, 3.63) is 34.2 Å². The van der Waals surface area contributed by atoms with E-state index in [2.05, 4.69) is 10.3 Å². The van der Waals surface area contributed by atoms with Gasteiger partial charge in [-0.25, -0.2) is 0 Å². The number of nitrogens with one attached hydrogen (secondary N) is 2. The van der Waals surface area contributed by atoms with Crippen LogP contribution in [0.5, 0.6) is 0 Å². The van der Waals surface area contributed by atoms with Gasteiger partial charge in [0.05, 0.1) is 5.56 Å². The highest BCUT2D eigenvalue weighted by Gasteiger charge is 2.14. The summed E-state index contributed by atoms with van der Waals surface area (Å²) in [6.07, 6.45) is 1.37. The van der Waals surface area contributed by atoms with E-state index in [1.54, 1.807) is 0 Å². The van der Waals surface area contributed by atoms with Crippen LogP contribution in [-0.2, 0) is 0 Å². The fraction of sp³-hybridized carbons (Fsp3) is 0.455. The summed E-state index contributed by atoms with van der Waals surface area (Å²) in [6.45, 7) is 3.69. The smallest absolute Gasteiger partial charge is 0.252 e. The predicted octanol–water partition coefficient (Wildman–Crippen LogP) is 0.122. The Morgan fingerprint density at radius 2 is 2.19 bits per heavy atom. The summed E-state index contributed by atoms with van der Waals surface area (Å²) in [6, 6.07) is 2.64. The normalized spacial score (nSPS) is 14.2. The predicted molar refractivity (Wildman–Crippen MR) is 60.2 cm³/mol. The van der Waals surface area contributed by atoms with Crippen LogP contribution < -0.4 is 10.9 Å². The zero-order valence-electron chi connectivity index (χ0n) is 9.36.